The largest absolute Gasteiger partial charge is 0.493 e. The highest BCUT2D eigenvalue weighted by atomic mass is 16.5. The molecule has 3 rings (SSSR count). The second kappa shape index (κ2) is 6.89. The summed E-state index contributed by atoms with van der Waals surface area (Å²) >= 11 is 0. The number of anilines is 1. The molecule has 0 unspecified atom stereocenters. The highest BCUT2D eigenvalue weighted by molar-refractivity contribution is 6.04. The first kappa shape index (κ1) is 16.9. The van der Waals surface area contributed by atoms with Gasteiger partial charge >= 0.3 is 0 Å². The van der Waals surface area contributed by atoms with E-state index in [1.807, 2.05) is 32.4 Å². The Kier molecular flexibility index (Phi) is 4.65. The number of hydrogen-bond donors (Lipinski definition) is 0. The van der Waals surface area contributed by atoms with Crippen molar-refractivity contribution in [3.05, 3.63) is 42.6 Å². The van der Waals surface area contributed by atoms with Gasteiger partial charge in [-0.3, -0.25) is 0 Å². The monoisotopic (exact) mass is 338 g/mol. The van der Waals surface area contributed by atoms with Crippen LogP contribution >= 0.6 is 0 Å². The van der Waals surface area contributed by atoms with E-state index in [4.69, 9.17) is 14.2 Å². The topological polar surface area (TPSA) is 43.8 Å². The Balaban J connectivity index is 2.30. The predicted molar refractivity (Wildman–Crippen MR) is 101 cm³/mol. The van der Waals surface area contributed by atoms with Gasteiger partial charge in [-0.05, 0) is 29.8 Å². The molecule has 0 atom stereocenters. The molecule has 1 aromatic heterocycles. The molecule has 0 aliphatic rings. The number of rotatable bonds is 5. The third kappa shape index (κ3) is 2.93. The van der Waals surface area contributed by atoms with E-state index in [0.29, 0.717) is 17.4 Å². The van der Waals surface area contributed by atoms with E-state index in [1.165, 1.54) is 0 Å². The van der Waals surface area contributed by atoms with Crippen molar-refractivity contribution in [1.82, 2.24) is 4.98 Å². The summed E-state index contributed by atoms with van der Waals surface area (Å²) in [6, 6.07) is 12.1. The molecule has 0 saturated heterocycles. The number of ether oxygens (including phenoxy) is 3. The molecule has 0 N–H and O–H groups in total. The molecule has 0 aliphatic carbocycles. The highest BCUT2D eigenvalue weighted by Crippen LogP contribution is 2.43. The lowest BCUT2D eigenvalue weighted by Gasteiger charge is -2.17. The van der Waals surface area contributed by atoms with Gasteiger partial charge in [-0.25, -0.2) is 4.98 Å². The molecule has 2 aromatic carbocycles. The third-order valence-electron chi connectivity index (χ3n) is 4.24. The summed E-state index contributed by atoms with van der Waals surface area (Å²) in [6.45, 7) is 0. The third-order valence-corrected chi connectivity index (χ3v) is 4.24. The number of hydrogen-bond acceptors (Lipinski definition) is 5. The second-order valence-electron chi connectivity index (χ2n) is 5.85. The molecule has 25 heavy (non-hydrogen) atoms. The highest BCUT2D eigenvalue weighted by Gasteiger charge is 2.18. The van der Waals surface area contributed by atoms with E-state index in [1.54, 1.807) is 21.3 Å². The first-order valence-electron chi connectivity index (χ1n) is 7.96. The van der Waals surface area contributed by atoms with E-state index >= 15 is 0 Å². The lowest BCUT2D eigenvalue weighted by molar-refractivity contribution is 0.358. The van der Waals surface area contributed by atoms with Crippen molar-refractivity contribution in [3.8, 4) is 28.5 Å². The van der Waals surface area contributed by atoms with Gasteiger partial charge in [0.2, 0.25) is 5.88 Å². The fourth-order valence-electron chi connectivity index (χ4n) is 2.95. The summed E-state index contributed by atoms with van der Waals surface area (Å²) in [5, 5.41) is 1.81. The fraction of sp³-hybridized carbons (Fsp3) is 0.250. The summed E-state index contributed by atoms with van der Waals surface area (Å²) in [5.41, 5.74) is 3.16. The average Bonchev–Trinajstić information content (AvgIpc) is 2.66. The van der Waals surface area contributed by atoms with Crippen LogP contribution in [0.1, 0.15) is 0 Å². The molecule has 1 heterocycles. The van der Waals surface area contributed by atoms with Gasteiger partial charge in [-0.15, -0.1) is 0 Å². The molecule has 5 nitrogen and oxygen atoms in total. The van der Waals surface area contributed by atoms with Crippen LogP contribution in [0.5, 0.6) is 17.4 Å². The summed E-state index contributed by atoms with van der Waals surface area (Å²) in [4.78, 5) is 6.53. The Morgan fingerprint density at radius 3 is 2.12 bits per heavy atom. The van der Waals surface area contributed by atoms with E-state index in [0.717, 1.165) is 27.6 Å². The maximum absolute atomic E-state index is 5.66. The van der Waals surface area contributed by atoms with Crippen molar-refractivity contribution in [3.63, 3.8) is 0 Å². The summed E-state index contributed by atoms with van der Waals surface area (Å²) in [6.07, 6.45) is 1.81. The van der Waals surface area contributed by atoms with Crippen LogP contribution in [-0.2, 0) is 0 Å². The normalized spacial score (nSPS) is 10.6. The SMILES string of the molecule is COc1ccc2c(OC)ncc(-c3ccc(N(C)C)cc3)c2c1OC. The zero-order valence-electron chi connectivity index (χ0n) is 15.2. The number of aromatic nitrogens is 1. The van der Waals surface area contributed by atoms with Crippen molar-refractivity contribution in [2.45, 2.75) is 0 Å². The van der Waals surface area contributed by atoms with Crippen LogP contribution in [0.3, 0.4) is 0 Å². The molecular formula is C20H22N2O3. The zero-order chi connectivity index (χ0) is 18.0. The van der Waals surface area contributed by atoms with Crippen LogP contribution < -0.4 is 19.1 Å². The Hall–Kier alpha value is -2.95. The van der Waals surface area contributed by atoms with E-state index in [2.05, 4.69) is 34.1 Å². The van der Waals surface area contributed by atoms with Gasteiger partial charge in [0.1, 0.15) is 0 Å². The van der Waals surface area contributed by atoms with Gasteiger partial charge in [-0.2, -0.15) is 0 Å². The summed E-state index contributed by atoms with van der Waals surface area (Å²) < 4.78 is 16.6. The smallest absolute Gasteiger partial charge is 0.221 e. The molecule has 0 spiro atoms. The standard InChI is InChI=1S/C20H22N2O3/c1-22(2)14-8-6-13(7-9-14)16-12-21-20(25-5)15-10-11-17(23-3)19(24-4)18(15)16/h6-12H,1-5H3. The Morgan fingerprint density at radius 2 is 1.56 bits per heavy atom. The van der Waals surface area contributed by atoms with Crippen LogP contribution in [0, 0.1) is 0 Å². The van der Waals surface area contributed by atoms with Crippen molar-refractivity contribution in [2.75, 3.05) is 40.3 Å². The molecule has 0 aliphatic heterocycles. The van der Waals surface area contributed by atoms with Gasteiger partial charge < -0.3 is 19.1 Å². The van der Waals surface area contributed by atoms with Crippen LogP contribution in [0.25, 0.3) is 21.9 Å². The van der Waals surface area contributed by atoms with Gasteiger partial charge in [0.15, 0.2) is 11.5 Å². The predicted octanol–water partition coefficient (Wildman–Crippen LogP) is 3.99. The lowest BCUT2D eigenvalue weighted by Crippen LogP contribution is -2.07. The lowest BCUT2D eigenvalue weighted by atomic mass is 9.99. The Bertz CT molecular complexity index is 890. The minimum absolute atomic E-state index is 0.560. The van der Waals surface area contributed by atoms with Crippen molar-refractivity contribution >= 4 is 16.5 Å². The van der Waals surface area contributed by atoms with Gasteiger partial charge in [0.25, 0.3) is 0 Å². The van der Waals surface area contributed by atoms with Crippen molar-refractivity contribution < 1.29 is 14.2 Å². The van der Waals surface area contributed by atoms with Gasteiger partial charge in [0.05, 0.1) is 21.3 Å². The van der Waals surface area contributed by atoms with E-state index < -0.39 is 0 Å². The number of methoxy groups -OCH3 is 3. The molecule has 3 aromatic rings. The van der Waals surface area contributed by atoms with E-state index in [9.17, 15) is 0 Å². The molecule has 0 radical (unpaired) electrons. The summed E-state index contributed by atoms with van der Waals surface area (Å²) in [5.74, 6) is 1.91. The maximum Gasteiger partial charge on any atom is 0.221 e. The van der Waals surface area contributed by atoms with Crippen LogP contribution in [-0.4, -0.2) is 40.4 Å². The van der Waals surface area contributed by atoms with Crippen LogP contribution in [0.4, 0.5) is 5.69 Å². The maximum atomic E-state index is 5.66. The molecule has 0 amide bonds. The van der Waals surface area contributed by atoms with Crippen LogP contribution in [0.15, 0.2) is 42.6 Å². The number of fused-ring (bicyclic) bond motifs is 1. The average molecular weight is 338 g/mol. The first-order valence-corrected chi connectivity index (χ1v) is 7.96. The first-order chi connectivity index (χ1) is 12.1. The van der Waals surface area contributed by atoms with Crippen molar-refractivity contribution in [2.24, 2.45) is 0 Å². The van der Waals surface area contributed by atoms with Crippen molar-refractivity contribution in [1.29, 1.82) is 0 Å². The molecule has 0 saturated carbocycles. The van der Waals surface area contributed by atoms with Gasteiger partial charge in [0, 0.05) is 42.3 Å². The number of pyridine rings is 1. The fourth-order valence-corrected chi connectivity index (χ4v) is 2.95. The van der Waals surface area contributed by atoms with Gasteiger partial charge in [-0.1, -0.05) is 12.1 Å². The minimum Gasteiger partial charge on any atom is -0.493 e. The molecule has 130 valence electrons. The molecule has 0 bridgehead atoms. The number of benzene rings is 2. The second-order valence-corrected chi connectivity index (χ2v) is 5.85. The number of nitrogens with zero attached hydrogens (tertiary/aromatic N) is 2. The van der Waals surface area contributed by atoms with Crippen LogP contribution in [0.2, 0.25) is 0 Å². The zero-order valence-corrected chi connectivity index (χ0v) is 15.2. The minimum atomic E-state index is 0.560. The summed E-state index contributed by atoms with van der Waals surface area (Å²) in [7, 11) is 8.93. The molecular weight excluding hydrogens is 316 g/mol. The molecule has 0 fully saturated rings. The Labute approximate surface area is 147 Å². The Morgan fingerprint density at radius 1 is 0.840 bits per heavy atom. The quantitative estimate of drug-likeness (QED) is 0.704. The molecule has 5 heteroatoms. The van der Waals surface area contributed by atoms with E-state index in [-0.39, 0.29) is 0 Å².